The summed E-state index contributed by atoms with van der Waals surface area (Å²) in [6, 6.07) is 0. The molecule has 7 heteroatoms. The molecule has 1 aromatic rings. The van der Waals surface area contributed by atoms with E-state index in [1.165, 1.54) is 4.88 Å². The third kappa shape index (κ3) is 4.34. The minimum atomic E-state index is -3.26. The van der Waals surface area contributed by atoms with Crippen LogP contribution >= 0.6 is 11.3 Å². The van der Waals surface area contributed by atoms with Crippen molar-refractivity contribution in [2.45, 2.75) is 32.1 Å². The van der Waals surface area contributed by atoms with Crippen molar-refractivity contribution in [2.24, 2.45) is 0 Å². The predicted octanol–water partition coefficient (Wildman–Crippen LogP) is 0.733. The Hall–Kier alpha value is -0.500. The number of hydrogen-bond acceptors (Lipinski definition) is 5. The molecule has 1 heterocycles. The minimum absolute atomic E-state index is 0.279. The second-order valence-electron chi connectivity index (χ2n) is 3.81. The molecule has 0 radical (unpaired) electrons. The van der Waals surface area contributed by atoms with Gasteiger partial charge in [0.1, 0.15) is 5.01 Å². The van der Waals surface area contributed by atoms with Crippen molar-refractivity contribution >= 4 is 21.4 Å². The van der Waals surface area contributed by atoms with Gasteiger partial charge in [0.05, 0.1) is 11.8 Å². The monoisotopic (exact) mass is 277 g/mol. The largest absolute Gasteiger partial charge is 0.318 e. The van der Waals surface area contributed by atoms with Gasteiger partial charge < -0.3 is 5.32 Å². The van der Waals surface area contributed by atoms with Crippen LogP contribution in [-0.4, -0.2) is 32.2 Å². The molecular formula is C10H19N3O2S2. The summed E-state index contributed by atoms with van der Waals surface area (Å²) >= 11 is 1.54. The van der Waals surface area contributed by atoms with Crippen LogP contribution in [0.15, 0.2) is 6.20 Å². The van der Waals surface area contributed by atoms with E-state index in [0.717, 1.165) is 11.4 Å². The third-order valence-electron chi connectivity index (χ3n) is 2.40. The van der Waals surface area contributed by atoms with Gasteiger partial charge in [-0.15, -0.1) is 11.3 Å². The van der Waals surface area contributed by atoms with Gasteiger partial charge in [0.15, 0.2) is 0 Å². The molecule has 0 aliphatic rings. The molecule has 5 nitrogen and oxygen atoms in total. The average molecular weight is 277 g/mol. The highest BCUT2D eigenvalue weighted by molar-refractivity contribution is 7.90. The number of aromatic nitrogens is 1. The van der Waals surface area contributed by atoms with Gasteiger partial charge >= 0.3 is 0 Å². The molecular weight excluding hydrogens is 258 g/mol. The van der Waals surface area contributed by atoms with Crippen molar-refractivity contribution in [1.29, 1.82) is 0 Å². The highest BCUT2D eigenvalue weighted by atomic mass is 32.2. The van der Waals surface area contributed by atoms with Crippen LogP contribution < -0.4 is 10.0 Å². The second kappa shape index (κ2) is 6.44. The quantitative estimate of drug-likeness (QED) is 0.771. The van der Waals surface area contributed by atoms with Crippen molar-refractivity contribution in [3.05, 3.63) is 16.1 Å². The molecule has 98 valence electrons. The van der Waals surface area contributed by atoms with Crippen LogP contribution in [0.4, 0.5) is 0 Å². The molecule has 1 atom stereocenters. The van der Waals surface area contributed by atoms with E-state index < -0.39 is 15.3 Å². The lowest BCUT2D eigenvalue weighted by molar-refractivity contribution is 0.563. The van der Waals surface area contributed by atoms with Gasteiger partial charge in [0.2, 0.25) is 10.0 Å². The molecule has 2 N–H and O–H groups in total. The van der Waals surface area contributed by atoms with Crippen LogP contribution in [0.5, 0.6) is 0 Å². The van der Waals surface area contributed by atoms with Crippen molar-refractivity contribution in [1.82, 2.24) is 15.0 Å². The van der Waals surface area contributed by atoms with E-state index in [0.29, 0.717) is 6.54 Å². The Kier molecular flexibility index (Phi) is 5.51. The Morgan fingerprint density at radius 2 is 2.24 bits per heavy atom. The smallest absolute Gasteiger partial charge is 0.215 e. The zero-order valence-corrected chi connectivity index (χ0v) is 12.0. The fourth-order valence-electron chi connectivity index (χ4n) is 1.29. The summed E-state index contributed by atoms with van der Waals surface area (Å²) < 4.78 is 26.2. The van der Waals surface area contributed by atoms with Crippen LogP contribution in [0.25, 0.3) is 0 Å². The molecule has 0 spiro atoms. The lowest BCUT2D eigenvalue weighted by atomic mass is 10.4. The highest BCUT2D eigenvalue weighted by Crippen LogP contribution is 2.13. The normalized spacial score (nSPS) is 13.8. The first-order valence-electron chi connectivity index (χ1n) is 5.56. The Bertz CT molecular complexity index is 442. The third-order valence-corrected chi connectivity index (χ3v) is 5.31. The zero-order chi connectivity index (χ0) is 12.9. The Labute approximate surface area is 107 Å². The molecule has 0 saturated carbocycles. The van der Waals surface area contributed by atoms with Crippen LogP contribution in [0.2, 0.25) is 0 Å². The number of hydrogen-bond donors (Lipinski definition) is 2. The van der Waals surface area contributed by atoms with Crippen molar-refractivity contribution in [2.75, 3.05) is 13.6 Å². The summed E-state index contributed by atoms with van der Waals surface area (Å²) in [5, 5.41) is 3.21. The number of thiazole rings is 1. The summed E-state index contributed by atoms with van der Waals surface area (Å²) in [4.78, 5) is 5.34. The van der Waals surface area contributed by atoms with Crippen LogP contribution in [0.3, 0.4) is 0 Å². The van der Waals surface area contributed by atoms with E-state index in [9.17, 15) is 8.42 Å². The molecule has 1 rings (SSSR count). The molecule has 0 aliphatic heterocycles. The highest BCUT2D eigenvalue weighted by Gasteiger charge is 2.19. The summed E-state index contributed by atoms with van der Waals surface area (Å²) in [6.07, 6.45) is 2.73. The maximum Gasteiger partial charge on any atom is 0.215 e. The topological polar surface area (TPSA) is 71.1 Å². The second-order valence-corrected chi connectivity index (χ2v) is 7.19. The molecule has 0 saturated heterocycles. The standard InChI is InChI=1S/C10H19N3O2S2/c1-4-9-6-12-10(16-9)7-13-17(14,15)8(2)5-11-3/h6,8,11,13H,4-5,7H2,1-3H3. The first-order valence-corrected chi connectivity index (χ1v) is 7.92. The molecule has 0 aromatic carbocycles. The Morgan fingerprint density at radius 1 is 1.53 bits per heavy atom. The molecule has 1 unspecified atom stereocenters. The fraction of sp³-hybridized carbons (Fsp3) is 0.700. The predicted molar refractivity (Wildman–Crippen MR) is 70.6 cm³/mol. The first kappa shape index (κ1) is 14.6. The summed E-state index contributed by atoms with van der Waals surface area (Å²) in [5.41, 5.74) is 0. The fourth-order valence-corrected chi connectivity index (χ4v) is 3.20. The molecule has 1 aromatic heterocycles. The molecule has 0 aliphatic carbocycles. The van der Waals surface area contributed by atoms with Gasteiger partial charge in [-0.3, -0.25) is 0 Å². The maximum absolute atomic E-state index is 11.8. The van der Waals surface area contributed by atoms with E-state index in [1.54, 1.807) is 31.5 Å². The zero-order valence-electron chi connectivity index (χ0n) is 10.4. The molecule has 17 heavy (non-hydrogen) atoms. The average Bonchev–Trinajstić information content (AvgIpc) is 2.75. The van der Waals surface area contributed by atoms with Crippen molar-refractivity contribution < 1.29 is 8.42 Å². The van der Waals surface area contributed by atoms with E-state index in [1.807, 2.05) is 0 Å². The van der Waals surface area contributed by atoms with Gasteiger partial charge in [-0.25, -0.2) is 18.1 Å². The SMILES string of the molecule is CCc1cnc(CNS(=O)(=O)C(C)CNC)s1. The van der Waals surface area contributed by atoms with Crippen LogP contribution in [0, 0.1) is 0 Å². The lowest BCUT2D eigenvalue weighted by Gasteiger charge is -2.12. The van der Waals surface area contributed by atoms with E-state index in [4.69, 9.17) is 0 Å². The number of rotatable bonds is 7. The van der Waals surface area contributed by atoms with Gasteiger partial charge in [-0.1, -0.05) is 6.92 Å². The first-order chi connectivity index (χ1) is 7.99. The van der Waals surface area contributed by atoms with E-state index in [2.05, 4.69) is 21.9 Å². The molecule has 0 bridgehead atoms. The summed E-state index contributed by atoms with van der Waals surface area (Å²) in [7, 11) is -1.53. The van der Waals surface area contributed by atoms with Gasteiger partial charge in [0, 0.05) is 17.6 Å². The van der Waals surface area contributed by atoms with E-state index >= 15 is 0 Å². The number of sulfonamides is 1. The minimum Gasteiger partial charge on any atom is -0.318 e. The number of nitrogens with zero attached hydrogens (tertiary/aromatic N) is 1. The van der Waals surface area contributed by atoms with Gasteiger partial charge in [-0.05, 0) is 20.4 Å². The molecule has 0 amide bonds. The van der Waals surface area contributed by atoms with Gasteiger partial charge in [-0.2, -0.15) is 0 Å². The summed E-state index contributed by atoms with van der Waals surface area (Å²) in [5.74, 6) is 0. The van der Waals surface area contributed by atoms with Gasteiger partial charge in [0.25, 0.3) is 0 Å². The van der Waals surface area contributed by atoms with Crippen LogP contribution in [0.1, 0.15) is 23.7 Å². The maximum atomic E-state index is 11.8. The Balaban J connectivity index is 2.55. The molecule has 0 fully saturated rings. The number of nitrogens with one attached hydrogen (secondary N) is 2. The van der Waals surface area contributed by atoms with Crippen LogP contribution in [-0.2, 0) is 23.0 Å². The van der Waals surface area contributed by atoms with Crippen molar-refractivity contribution in [3.8, 4) is 0 Å². The summed E-state index contributed by atoms with van der Waals surface area (Å²) in [6.45, 7) is 4.45. The number of aryl methyl sites for hydroxylation is 1. The Morgan fingerprint density at radius 3 is 2.76 bits per heavy atom. The van der Waals surface area contributed by atoms with Crippen molar-refractivity contribution in [3.63, 3.8) is 0 Å². The lowest BCUT2D eigenvalue weighted by Crippen LogP contribution is -2.37. The van der Waals surface area contributed by atoms with E-state index in [-0.39, 0.29) is 6.54 Å².